The third kappa shape index (κ3) is 3.01. The van der Waals surface area contributed by atoms with Gasteiger partial charge in [-0.1, -0.05) is 34.6 Å². The zero-order valence-electron chi connectivity index (χ0n) is 9.40. The number of rotatable bonds is 1. The van der Waals surface area contributed by atoms with Gasteiger partial charge in [0.25, 0.3) is 0 Å². The molecule has 1 aliphatic rings. The molecule has 1 heterocycles. The van der Waals surface area contributed by atoms with Gasteiger partial charge in [-0.3, -0.25) is 4.99 Å². The van der Waals surface area contributed by atoms with Crippen molar-refractivity contribution in [2.24, 2.45) is 10.9 Å². The fraction of sp³-hybridized carbons (Fsp3) is 0.417. The number of halogens is 1. The first kappa shape index (κ1) is 12.0. The van der Waals surface area contributed by atoms with E-state index in [9.17, 15) is 0 Å². The molecule has 1 aromatic rings. The maximum atomic E-state index is 4.64. The predicted octanol–water partition coefficient (Wildman–Crippen LogP) is 3.99. The summed E-state index contributed by atoms with van der Waals surface area (Å²) in [5.74, 6) is 1.81. The Morgan fingerprint density at radius 1 is 1.31 bits per heavy atom. The molecular weight excluding hydrogens is 284 g/mol. The predicted molar refractivity (Wildman–Crippen MR) is 76.3 cm³/mol. The molecule has 0 amide bonds. The van der Waals surface area contributed by atoms with Gasteiger partial charge in [0, 0.05) is 15.9 Å². The molecule has 0 aliphatic carbocycles. The topological polar surface area (TPSA) is 24.4 Å². The summed E-state index contributed by atoms with van der Waals surface area (Å²) in [5, 5.41) is 4.39. The molecular formula is C12H15BrN2S. The zero-order valence-corrected chi connectivity index (χ0v) is 11.8. The van der Waals surface area contributed by atoms with Crippen molar-refractivity contribution in [3.63, 3.8) is 0 Å². The molecule has 0 saturated carbocycles. The highest BCUT2D eigenvalue weighted by molar-refractivity contribution is 9.10. The van der Waals surface area contributed by atoms with Gasteiger partial charge in [0.2, 0.25) is 0 Å². The Labute approximate surface area is 109 Å². The number of amidine groups is 1. The number of anilines is 1. The van der Waals surface area contributed by atoms with Crippen LogP contribution in [0, 0.1) is 5.92 Å². The quantitative estimate of drug-likeness (QED) is 0.848. The first-order valence-electron chi connectivity index (χ1n) is 5.38. The average molecular weight is 299 g/mol. The molecule has 0 fully saturated rings. The van der Waals surface area contributed by atoms with E-state index in [2.05, 4.69) is 52.2 Å². The highest BCUT2D eigenvalue weighted by atomic mass is 79.9. The SMILES string of the molecule is CC1CSC(Nc2ccc(Br)cc2)=NC1C. The highest BCUT2D eigenvalue weighted by Gasteiger charge is 2.18. The average Bonchev–Trinajstić information content (AvgIpc) is 2.27. The van der Waals surface area contributed by atoms with E-state index in [0.717, 1.165) is 21.1 Å². The molecule has 16 heavy (non-hydrogen) atoms. The largest absolute Gasteiger partial charge is 0.335 e. The summed E-state index contributed by atoms with van der Waals surface area (Å²) in [4.78, 5) is 4.64. The van der Waals surface area contributed by atoms with Gasteiger partial charge in [-0.05, 0) is 37.1 Å². The number of aliphatic imine (C=N–C) groups is 1. The van der Waals surface area contributed by atoms with Crippen LogP contribution in [0.3, 0.4) is 0 Å². The first-order valence-corrected chi connectivity index (χ1v) is 7.16. The summed E-state index contributed by atoms with van der Waals surface area (Å²) in [5.41, 5.74) is 1.09. The minimum absolute atomic E-state index is 0.416. The van der Waals surface area contributed by atoms with Gasteiger partial charge in [0.1, 0.15) is 0 Å². The Kier molecular flexibility index (Phi) is 3.92. The van der Waals surface area contributed by atoms with Gasteiger partial charge in [0.05, 0.1) is 6.04 Å². The van der Waals surface area contributed by atoms with E-state index in [1.165, 1.54) is 0 Å². The van der Waals surface area contributed by atoms with Crippen LogP contribution in [0.5, 0.6) is 0 Å². The maximum Gasteiger partial charge on any atom is 0.161 e. The number of hydrogen-bond acceptors (Lipinski definition) is 3. The van der Waals surface area contributed by atoms with Crippen molar-refractivity contribution in [2.75, 3.05) is 11.1 Å². The van der Waals surface area contributed by atoms with E-state index >= 15 is 0 Å². The van der Waals surface area contributed by atoms with Crippen LogP contribution in [0.15, 0.2) is 33.7 Å². The molecule has 2 rings (SSSR count). The van der Waals surface area contributed by atoms with Crippen molar-refractivity contribution in [2.45, 2.75) is 19.9 Å². The van der Waals surface area contributed by atoms with Crippen molar-refractivity contribution in [1.29, 1.82) is 0 Å². The fourth-order valence-corrected chi connectivity index (χ4v) is 2.82. The van der Waals surface area contributed by atoms with Crippen LogP contribution in [-0.4, -0.2) is 17.0 Å². The van der Waals surface area contributed by atoms with Crippen LogP contribution >= 0.6 is 27.7 Å². The molecule has 86 valence electrons. The highest BCUT2D eigenvalue weighted by Crippen LogP contribution is 2.24. The second-order valence-electron chi connectivity index (χ2n) is 4.10. The minimum atomic E-state index is 0.416. The van der Waals surface area contributed by atoms with Crippen LogP contribution in [0.25, 0.3) is 0 Å². The Balaban J connectivity index is 2.05. The lowest BCUT2D eigenvalue weighted by Gasteiger charge is -2.23. The Morgan fingerprint density at radius 2 is 2.00 bits per heavy atom. The number of nitrogens with zero attached hydrogens (tertiary/aromatic N) is 1. The van der Waals surface area contributed by atoms with E-state index in [4.69, 9.17) is 0 Å². The maximum absolute atomic E-state index is 4.64. The summed E-state index contributed by atoms with van der Waals surface area (Å²) >= 11 is 5.23. The second kappa shape index (κ2) is 5.23. The molecule has 0 bridgehead atoms. The molecule has 1 aliphatic heterocycles. The molecule has 0 radical (unpaired) electrons. The first-order chi connectivity index (χ1) is 7.65. The van der Waals surface area contributed by atoms with Crippen molar-refractivity contribution in [3.8, 4) is 0 Å². The van der Waals surface area contributed by atoms with Crippen molar-refractivity contribution in [1.82, 2.24) is 0 Å². The van der Waals surface area contributed by atoms with Crippen LogP contribution in [0.1, 0.15) is 13.8 Å². The lowest BCUT2D eigenvalue weighted by atomic mass is 10.1. The van der Waals surface area contributed by atoms with Crippen LogP contribution < -0.4 is 5.32 Å². The molecule has 2 unspecified atom stereocenters. The van der Waals surface area contributed by atoms with E-state index in [0.29, 0.717) is 12.0 Å². The number of thioether (sulfide) groups is 1. The zero-order chi connectivity index (χ0) is 11.5. The summed E-state index contributed by atoms with van der Waals surface area (Å²) in [6.45, 7) is 4.42. The van der Waals surface area contributed by atoms with E-state index in [1.54, 1.807) is 11.8 Å². The number of nitrogens with one attached hydrogen (secondary N) is 1. The molecule has 4 heteroatoms. The lowest BCUT2D eigenvalue weighted by molar-refractivity contribution is 0.537. The molecule has 2 atom stereocenters. The van der Waals surface area contributed by atoms with Gasteiger partial charge in [-0.2, -0.15) is 0 Å². The standard InChI is InChI=1S/C12H15BrN2S/c1-8-7-16-12(14-9(8)2)15-11-5-3-10(13)4-6-11/h3-6,8-9H,7H2,1-2H3,(H,14,15). The summed E-state index contributed by atoms with van der Waals surface area (Å²) in [6.07, 6.45) is 0. The van der Waals surface area contributed by atoms with E-state index < -0.39 is 0 Å². The summed E-state index contributed by atoms with van der Waals surface area (Å²) < 4.78 is 1.10. The van der Waals surface area contributed by atoms with E-state index in [-0.39, 0.29) is 0 Å². The number of benzene rings is 1. The summed E-state index contributed by atoms with van der Waals surface area (Å²) in [7, 11) is 0. The second-order valence-corrected chi connectivity index (χ2v) is 6.02. The summed E-state index contributed by atoms with van der Waals surface area (Å²) in [6, 6.07) is 8.58. The van der Waals surface area contributed by atoms with Gasteiger partial charge in [0.15, 0.2) is 5.17 Å². The third-order valence-electron chi connectivity index (χ3n) is 2.72. The van der Waals surface area contributed by atoms with Crippen molar-refractivity contribution < 1.29 is 0 Å². The van der Waals surface area contributed by atoms with Gasteiger partial charge in [-0.15, -0.1) is 0 Å². The molecule has 1 aromatic carbocycles. The fourth-order valence-electron chi connectivity index (χ4n) is 1.42. The normalized spacial score (nSPS) is 25.1. The van der Waals surface area contributed by atoms with Crippen molar-refractivity contribution in [3.05, 3.63) is 28.7 Å². The molecule has 0 aromatic heterocycles. The van der Waals surface area contributed by atoms with Gasteiger partial charge >= 0.3 is 0 Å². The Morgan fingerprint density at radius 3 is 2.62 bits per heavy atom. The Bertz CT molecular complexity index is 389. The van der Waals surface area contributed by atoms with Crippen molar-refractivity contribution >= 4 is 38.5 Å². The minimum Gasteiger partial charge on any atom is -0.335 e. The van der Waals surface area contributed by atoms with Crippen LogP contribution in [0.4, 0.5) is 5.69 Å². The molecule has 0 saturated heterocycles. The molecule has 2 nitrogen and oxygen atoms in total. The number of hydrogen-bond donors (Lipinski definition) is 1. The van der Waals surface area contributed by atoms with E-state index in [1.807, 2.05) is 12.1 Å². The van der Waals surface area contributed by atoms with Crippen LogP contribution in [0.2, 0.25) is 0 Å². The van der Waals surface area contributed by atoms with Gasteiger partial charge < -0.3 is 5.32 Å². The van der Waals surface area contributed by atoms with Gasteiger partial charge in [-0.25, -0.2) is 0 Å². The molecule has 0 spiro atoms. The monoisotopic (exact) mass is 298 g/mol. The third-order valence-corrected chi connectivity index (χ3v) is 4.42. The Hall–Kier alpha value is -0.480. The van der Waals surface area contributed by atoms with Crippen LogP contribution in [-0.2, 0) is 0 Å². The lowest BCUT2D eigenvalue weighted by Crippen LogP contribution is -2.25. The smallest absolute Gasteiger partial charge is 0.161 e. The molecule has 1 N–H and O–H groups in total.